The van der Waals surface area contributed by atoms with Gasteiger partial charge in [-0.2, -0.15) is 0 Å². The molecule has 0 saturated carbocycles. The van der Waals surface area contributed by atoms with Crippen molar-refractivity contribution in [3.05, 3.63) is 23.8 Å². The number of carboxylic acids is 1. The Balaban J connectivity index is 3.14. The van der Waals surface area contributed by atoms with Crippen LogP contribution >= 0.6 is 0 Å². The molecule has 1 aromatic rings. The Labute approximate surface area is 116 Å². The maximum atomic E-state index is 11.1. The van der Waals surface area contributed by atoms with Crippen LogP contribution in [0, 0.1) is 0 Å². The molecule has 0 aliphatic heterocycles. The van der Waals surface area contributed by atoms with E-state index >= 15 is 0 Å². The first-order valence-electron chi connectivity index (χ1n) is 6.23. The second kappa shape index (κ2) is 5.38. The Morgan fingerprint density at radius 2 is 1.26 bits per heavy atom. The fourth-order valence-corrected chi connectivity index (χ4v) is 3.17. The smallest absolute Gasteiger partial charge is 0.335 e. The number of hydrogen-bond donors (Lipinski definition) is 1. The normalized spacial score (nSPS) is 12.1. The minimum Gasteiger partial charge on any atom is -0.544 e. The summed E-state index contributed by atoms with van der Waals surface area (Å²) in [6.45, 7) is 12.3. The molecule has 0 atom stereocenters. The van der Waals surface area contributed by atoms with Crippen LogP contribution in [0.5, 0.6) is 11.5 Å². The van der Waals surface area contributed by atoms with E-state index in [2.05, 4.69) is 39.3 Å². The minimum atomic E-state index is -1.77. The van der Waals surface area contributed by atoms with Crippen LogP contribution in [0.1, 0.15) is 10.4 Å². The van der Waals surface area contributed by atoms with Crippen molar-refractivity contribution in [1.29, 1.82) is 0 Å². The summed E-state index contributed by atoms with van der Waals surface area (Å²) in [5, 5.41) is 9.14. The van der Waals surface area contributed by atoms with Gasteiger partial charge in [0.2, 0.25) is 16.6 Å². The van der Waals surface area contributed by atoms with Crippen LogP contribution in [0.2, 0.25) is 39.3 Å². The Hall–Kier alpha value is -1.28. The van der Waals surface area contributed by atoms with E-state index in [1.807, 2.05) is 0 Å². The fourth-order valence-electron chi connectivity index (χ4n) is 1.52. The molecule has 1 rings (SSSR count). The average molecular weight is 298 g/mol. The molecule has 0 heterocycles. The average Bonchev–Trinajstić information content (AvgIpc) is 2.10. The quantitative estimate of drug-likeness (QED) is 0.840. The van der Waals surface area contributed by atoms with Crippen LogP contribution in [-0.4, -0.2) is 27.7 Å². The van der Waals surface area contributed by atoms with Gasteiger partial charge in [0.05, 0.1) is 5.56 Å². The van der Waals surface area contributed by atoms with Gasteiger partial charge in [0, 0.05) is 6.07 Å². The zero-order valence-electron chi connectivity index (χ0n) is 12.4. The molecule has 0 radical (unpaired) electrons. The number of benzene rings is 1. The van der Waals surface area contributed by atoms with Gasteiger partial charge in [-0.1, -0.05) is 0 Å². The number of carbonyl (C=O) groups is 1. The first kappa shape index (κ1) is 15.8. The highest BCUT2D eigenvalue weighted by Gasteiger charge is 2.21. The van der Waals surface area contributed by atoms with E-state index in [0.717, 1.165) is 0 Å². The molecule has 0 bridgehead atoms. The van der Waals surface area contributed by atoms with Crippen molar-refractivity contribution in [2.75, 3.05) is 0 Å². The van der Waals surface area contributed by atoms with E-state index in [0.29, 0.717) is 11.5 Å². The first-order chi connectivity index (χ1) is 8.46. The number of carboxylic acid groups (broad SMARTS) is 1. The van der Waals surface area contributed by atoms with Gasteiger partial charge in [-0.25, -0.2) is 4.79 Å². The molecule has 0 amide bonds. The third-order valence-corrected chi connectivity index (χ3v) is 3.67. The summed E-state index contributed by atoms with van der Waals surface area (Å²) in [6.07, 6.45) is 0. The largest absolute Gasteiger partial charge is 0.544 e. The molecule has 0 unspecified atom stereocenters. The van der Waals surface area contributed by atoms with E-state index < -0.39 is 22.6 Å². The molecule has 6 heteroatoms. The Morgan fingerprint density at radius 3 is 1.53 bits per heavy atom. The van der Waals surface area contributed by atoms with E-state index in [1.165, 1.54) is 0 Å². The third-order valence-electron chi connectivity index (χ3n) is 1.98. The van der Waals surface area contributed by atoms with Gasteiger partial charge in [0.25, 0.3) is 0 Å². The number of aromatic carboxylic acids is 1. The Morgan fingerprint density at radius 1 is 0.895 bits per heavy atom. The summed E-state index contributed by atoms with van der Waals surface area (Å²) in [5.41, 5.74) is 0.198. The molecule has 0 aromatic heterocycles. The lowest BCUT2D eigenvalue weighted by atomic mass is 10.2. The number of rotatable bonds is 5. The van der Waals surface area contributed by atoms with Gasteiger partial charge in [-0.05, 0) is 51.4 Å². The summed E-state index contributed by atoms with van der Waals surface area (Å²) in [5.74, 6) is 0.182. The van der Waals surface area contributed by atoms with E-state index in [9.17, 15) is 4.79 Å². The molecule has 0 aliphatic carbocycles. The lowest BCUT2D eigenvalue weighted by Gasteiger charge is -2.23. The van der Waals surface area contributed by atoms with Crippen LogP contribution in [0.15, 0.2) is 18.2 Å². The summed E-state index contributed by atoms with van der Waals surface area (Å²) in [6, 6.07) is 4.89. The molecule has 0 aliphatic rings. The van der Waals surface area contributed by atoms with Gasteiger partial charge in [0.1, 0.15) is 11.5 Å². The maximum absolute atomic E-state index is 11.1. The molecule has 1 N–H and O–H groups in total. The zero-order valence-corrected chi connectivity index (χ0v) is 14.4. The molecule has 1 aromatic carbocycles. The zero-order chi connectivity index (χ0) is 14.8. The van der Waals surface area contributed by atoms with Gasteiger partial charge in [-0.15, -0.1) is 0 Å². The maximum Gasteiger partial charge on any atom is 0.335 e. The highest BCUT2D eigenvalue weighted by Crippen LogP contribution is 2.27. The van der Waals surface area contributed by atoms with Crippen molar-refractivity contribution in [3.8, 4) is 11.5 Å². The predicted octanol–water partition coefficient (Wildman–Crippen LogP) is 3.81. The second-order valence-electron chi connectivity index (χ2n) is 6.43. The van der Waals surface area contributed by atoms with Gasteiger partial charge in [0.15, 0.2) is 0 Å². The monoisotopic (exact) mass is 298 g/mol. The van der Waals surface area contributed by atoms with Gasteiger partial charge in [-0.3, -0.25) is 0 Å². The minimum absolute atomic E-state index is 0.198. The summed E-state index contributed by atoms with van der Waals surface area (Å²) in [7, 11) is -3.55. The van der Waals surface area contributed by atoms with Crippen molar-refractivity contribution in [2.24, 2.45) is 0 Å². The van der Waals surface area contributed by atoms with Crippen molar-refractivity contribution < 1.29 is 18.8 Å². The summed E-state index contributed by atoms with van der Waals surface area (Å²) >= 11 is 0. The second-order valence-corrected chi connectivity index (χ2v) is 15.3. The lowest BCUT2D eigenvalue weighted by Crippen LogP contribution is -2.30. The SMILES string of the molecule is C[Si](C)(C)Oc1cc(O[Si](C)(C)C)cc(C(=O)O)c1. The van der Waals surface area contributed by atoms with Crippen LogP contribution in [0.3, 0.4) is 0 Å². The molecular formula is C13H22O4Si2. The third kappa shape index (κ3) is 5.93. The Bertz CT molecular complexity index is 438. The standard InChI is InChI=1S/C13H22O4Si2/c1-18(2,3)16-11-7-10(13(14)15)8-12(9-11)17-19(4,5)6/h7-9H,1-6H3,(H,14,15). The van der Waals surface area contributed by atoms with Crippen LogP contribution in [0.25, 0.3) is 0 Å². The fraction of sp³-hybridized carbons (Fsp3) is 0.462. The molecule has 106 valence electrons. The summed E-state index contributed by atoms with van der Waals surface area (Å²) in [4.78, 5) is 11.1. The van der Waals surface area contributed by atoms with Crippen molar-refractivity contribution in [1.82, 2.24) is 0 Å². The predicted molar refractivity (Wildman–Crippen MR) is 81.3 cm³/mol. The van der Waals surface area contributed by atoms with Crippen LogP contribution in [0.4, 0.5) is 0 Å². The van der Waals surface area contributed by atoms with Crippen LogP contribution in [-0.2, 0) is 0 Å². The lowest BCUT2D eigenvalue weighted by molar-refractivity contribution is 0.0696. The van der Waals surface area contributed by atoms with Gasteiger partial charge >= 0.3 is 5.97 Å². The topological polar surface area (TPSA) is 55.8 Å². The van der Waals surface area contributed by atoms with E-state index in [-0.39, 0.29) is 5.56 Å². The highest BCUT2D eigenvalue weighted by atomic mass is 28.4. The molecular weight excluding hydrogens is 276 g/mol. The molecule has 19 heavy (non-hydrogen) atoms. The first-order valence-corrected chi connectivity index (χ1v) is 13.0. The molecule has 0 fully saturated rings. The van der Waals surface area contributed by atoms with Crippen LogP contribution < -0.4 is 8.85 Å². The van der Waals surface area contributed by atoms with E-state index in [4.69, 9.17) is 14.0 Å². The molecule has 4 nitrogen and oxygen atoms in total. The number of hydrogen-bond acceptors (Lipinski definition) is 3. The van der Waals surface area contributed by atoms with Crippen molar-refractivity contribution in [3.63, 3.8) is 0 Å². The molecule has 0 spiro atoms. The van der Waals surface area contributed by atoms with E-state index in [1.54, 1.807) is 18.2 Å². The summed E-state index contributed by atoms with van der Waals surface area (Å²) < 4.78 is 11.7. The highest BCUT2D eigenvalue weighted by molar-refractivity contribution is 6.70. The Kier molecular flexibility index (Phi) is 4.47. The van der Waals surface area contributed by atoms with Gasteiger partial charge < -0.3 is 14.0 Å². The van der Waals surface area contributed by atoms with Crippen molar-refractivity contribution in [2.45, 2.75) is 39.3 Å². The van der Waals surface area contributed by atoms with Crippen molar-refractivity contribution >= 4 is 22.6 Å². The molecule has 0 saturated heterocycles.